The van der Waals surface area contributed by atoms with Crippen molar-refractivity contribution in [1.29, 1.82) is 0 Å². The van der Waals surface area contributed by atoms with Crippen molar-refractivity contribution >= 4 is 28.9 Å². The minimum Gasteiger partial charge on any atom is -0.497 e. The molecular weight excluding hydrogens is 408 g/mol. The highest BCUT2D eigenvalue weighted by Crippen LogP contribution is 2.20. The van der Waals surface area contributed by atoms with Crippen molar-refractivity contribution in [3.63, 3.8) is 0 Å². The number of benzene rings is 2. The van der Waals surface area contributed by atoms with Gasteiger partial charge in [0.15, 0.2) is 0 Å². The van der Waals surface area contributed by atoms with Crippen LogP contribution in [0.2, 0.25) is 0 Å². The summed E-state index contributed by atoms with van der Waals surface area (Å²) < 4.78 is 12.4. The molecule has 1 saturated heterocycles. The fourth-order valence-electron chi connectivity index (χ4n) is 3.71. The van der Waals surface area contributed by atoms with Crippen LogP contribution in [0.3, 0.4) is 0 Å². The van der Waals surface area contributed by atoms with Gasteiger partial charge in [-0.25, -0.2) is 5.43 Å². The molecule has 2 aromatic carbocycles. The van der Waals surface area contributed by atoms with Crippen LogP contribution in [0.15, 0.2) is 59.8 Å². The van der Waals surface area contributed by atoms with Crippen LogP contribution < -0.4 is 10.2 Å². The lowest BCUT2D eigenvalue weighted by Gasteiger charge is -2.27. The Kier molecular flexibility index (Phi) is 6.81. The second-order valence-electron chi connectivity index (χ2n) is 7.54. The number of carbonyl (C=O) groups excluding carboxylic acids is 2. The van der Waals surface area contributed by atoms with Crippen molar-refractivity contribution in [1.82, 2.24) is 14.9 Å². The van der Waals surface area contributed by atoms with Gasteiger partial charge in [0.2, 0.25) is 11.8 Å². The highest BCUT2D eigenvalue weighted by molar-refractivity contribution is 6.00. The minimum absolute atomic E-state index is 0.0605. The normalized spacial score (nSPS) is 14.1. The van der Waals surface area contributed by atoms with Gasteiger partial charge in [-0.05, 0) is 23.8 Å². The number of amides is 2. The van der Waals surface area contributed by atoms with Crippen LogP contribution in [0.5, 0.6) is 5.75 Å². The Bertz CT molecular complexity index is 1110. The predicted octanol–water partition coefficient (Wildman–Crippen LogP) is 2.20. The number of methoxy groups -OCH3 is 1. The van der Waals surface area contributed by atoms with E-state index in [-0.39, 0.29) is 24.8 Å². The van der Waals surface area contributed by atoms with E-state index in [2.05, 4.69) is 10.5 Å². The average molecular weight is 434 g/mol. The smallest absolute Gasteiger partial charge is 0.244 e. The van der Waals surface area contributed by atoms with Crippen molar-refractivity contribution in [2.45, 2.75) is 13.0 Å². The quantitative estimate of drug-likeness (QED) is 0.456. The molecule has 0 saturated carbocycles. The zero-order chi connectivity index (χ0) is 22.3. The Morgan fingerprint density at radius 3 is 2.62 bits per heavy atom. The van der Waals surface area contributed by atoms with Crippen LogP contribution in [0.4, 0.5) is 0 Å². The molecule has 0 radical (unpaired) electrons. The molecule has 2 heterocycles. The molecule has 1 fully saturated rings. The highest BCUT2D eigenvalue weighted by atomic mass is 16.5. The maximum absolute atomic E-state index is 12.7. The Hall–Kier alpha value is -3.65. The molecule has 0 aliphatic carbocycles. The number of hydrogen-bond acceptors (Lipinski definition) is 5. The summed E-state index contributed by atoms with van der Waals surface area (Å²) in [7, 11) is 1.60. The lowest BCUT2D eigenvalue weighted by atomic mass is 10.1. The fraction of sp³-hybridized carbons (Fsp3) is 0.292. The zero-order valence-electron chi connectivity index (χ0n) is 18.0. The number of hydrazone groups is 1. The summed E-state index contributed by atoms with van der Waals surface area (Å²) >= 11 is 0. The van der Waals surface area contributed by atoms with Crippen LogP contribution >= 0.6 is 0 Å². The molecule has 0 spiro atoms. The summed E-state index contributed by atoms with van der Waals surface area (Å²) in [6.07, 6.45) is 3.73. The molecule has 3 aromatic rings. The number of hydrogen-bond donors (Lipinski definition) is 1. The molecule has 1 aliphatic heterocycles. The Morgan fingerprint density at radius 2 is 1.88 bits per heavy atom. The Balaban J connectivity index is 1.42. The molecule has 0 bridgehead atoms. The number of nitrogens with zero attached hydrogens (tertiary/aromatic N) is 3. The van der Waals surface area contributed by atoms with Crippen LogP contribution in [-0.2, 0) is 27.3 Å². The van der Waals surface area contributed by atoms with Gasteiger partial charge in [-0.3, -0.25) is 9.59 Å². The first kappa shape index (κ1) is 21.6. The first-order chi connectivity index (χ1) is 15.6. The van der Waals surface area contributed by atoms with E-state index >= 15 is 0 Å². The number of para-hydroxylation sites is 1. The molecule has 1 N–H and O–H groups in total. The average Bonchev–Trinajstić information content (AvgIpc) is 3.17. The van der Waals surface area contributed by atoms with E-state index < -0.39 is 0 Å². The van der Waals surface area contributed by atoms with Gasteiger partial charge in [-0.15, -0.1) is 0 Å². The van der Waals surface area contributed by atoms with Gasteiger partial charge in [0.05, 0.1) is 33.0 Å². The number of aromatic nitrogens is 1. The van der Waals surface area contributed by atoms with Crippen LogP contribution in [0.1, 0.15) is 11.1 Å². The SMILES string of the molecule is COc1ccc(CC(=O)N/N=C/c2cn(CC(=O)N3CCOCC3)c3ccccc23)cc1. The number of fused-ring (bicyclic) bond motifs is 1. The molecule has 2 amide bonds. The Labute approximate surface area is 186 Å². The highest BCUT2D eigenvalue weighted by Gasteiger charge is 2.18. The number of ether oxygens (including phenoxy) is 2. The van der Waals surface area contributed by atoms with Crippen molar-refractivity contribution in [2.24, 2.45) is 5.10 Å². The van der Waals surface area contributed by atoms with Crippen LogP contribution in [0, 0.1) is 0 Å². The lowest BCUT2D eigenvalue weighted by molar-refractivity contribution is -0.135. The second-order valence-corrected chi connectivity index (χ2v) is 7.54. The summed E-state index contributed by atoms with van der Waals surface area (Å²) in [4.78, 5) is 26.7. The summed E-state index contributed by atoms with van der Waals surface area (Å²) in [5.74, 6) is 0.596. The third-order valence-electron chi connectivity index (χ3n) is 5.41. The molecule has 0 unspecified atom stereocenters. The van der Waals surface area contributed by atoms with Crippen molar-refractivity contribution in [2.75, 3.05) is 33.4 Å². The monoisotopic (exact) mass is 434 g/mol. The number of nitrogens with one attached hydrogen (secondary N) is 1. The van der Waals surface area contributed by atoms with E-state index in [1.165, 1.54) is 0 Å². The van der Waals surface area contributed by atoms with Gasteiger partial charge in [-0.2, -0.15) is 5.10 Å². The summed E-state index contributed by atoms with van der Waals surface area (Å²) in [5.41, 5.74) is 5.23. The van der Waals surface area contributed by atoms with E-state index in [9.17, 15) is 9.59 Å². The van der Waals surface area contributed by atoms with Crippen LogP contribution in [-0.4, -0.2) is 60.9 Å². The molecule has 8 heteroatoms. The zero-order valence-corrected chi connectivity index (χ0v) is 18.0. The molecule has 32 heavy (non-hydrogen) atoms. The Morgan fingerprint density at radius 1 is 1.12 bits per heavy atom. The van der Waals surface area contributed by atoms with Crippen molar-refractivity contribution in [3.8, 4) is 5.75 Å². The predicted molar refractivity (Wildman–Crippen MR) is 122 cm³/mol. The van der Waals surface area contributed by atoms with Gasteiger partial charge >= 0.3 is 0 Å². The van der Waals surface area contributed by atoms with Gasteiger partial charge in [-0.1, -0.05) is 30.3 Å². The summed E-state index contributed by atoms with van der Waals surface area (Å²) in [6.45, 7) is 2.63. The van der Waals surface area contributed by atoms with E-state index in [1.807, 2.05) is 64.2 Å². The molecule has 1 aromatic heterocycles. The van der Waals surface area contributed by atoms with Crippen molar-refractivity contribution < 1.29 is 19.1 Å². The van der Waals surface area contributed by atoms with E-state index in [4.69, 9.17) is 9.47 Å². The molecule has 4 rings (SSSR count). The van der Waals surface area contributed by atoms with Crippen molar-refractivity contribution in [3.05, 3.63) is 65.9 Å². The fourth-order valence-corrected chi connectivity index (χ4v) is 3.71. The number of rotatable bonds is 7. The topological polar surface area (TPSA) is 85.2 Å². The summed E-state index contributed by atoms with van der Waals surface area (Å²) in [6, 6.07) is 15.2. The van der Waals surface area contributed by atoms with Gasteiger partial charge in [0, 0.05) is 35.8 Å². The van der Waals surface area contributed by atoms with Gasteiger partial charge in [0.25, 0.3) is 0 Å². The lowest BCUT2D eigenvalue weighted by Crippen LogP contribution is -2.42. The number of carbonyl (C=O) groups is 2. The number of morpholine rings is 1. The maximum Gasteiger partial charge on any atom is 0.244 e. The van der Waals surface area contributed by atoms with E-state index in [0.717, 1.165) is 27.8 Å². The maximum atomic E-state index is 12.7. The molecule has 0 atom stereocenters. The first-order valence-electron chi connectivity index (χ1n) is 10.5. The third-order valence-corrected chi connectivity index (χ3v) is 5.41. The molecule has 166 valence electrons. The first-order valence-corrected chi connectivity index (χ1v) is 10.5. The summed E-state index contributed by atoms with van der Waals surface area (Å²) in [5, 5.41) is 5.10. The van der Waals surface area contributed by atoms with Crippen LogP contribution in [0.25, 0.3) is 10.9 Å². The molecule has 8 nitrogen and oxygen atoms in total. The van der Waals surface area contributed by atoms with E-state index in [0.29, 0.717) is 26.3 Å². The largest absolute Gasteiger partial charge is 0.497 e. The molecular formula is C24H26N4O4. The molecule has 1 aliphatic rings. The van der Waals surface area contributed by atoms with E-state index in [1.54, 1.807) is 13.3 Å². The third kappa shape index (κ3) is 5.15. The second kappa shape index (κ2) is 10.1. The van der Waals surface area contributed by atoms with Gasteiger partial charge < -0.3 is 18.9 Å². The van der Waals surface area contributed by atoms with Gasteiger partial charge in [0.1, 0.15) is 12.3 Å². The minimum atomic E-state index is -0.211. The standard InChI is InChI=1S/C24H26N4O4/c1-31-20-8-6-18(7-9-20)14-23(29)26-25-15-19-16-28(22-5-3-2-4-21(19)22)17-24(30)27-10-12-32-13-11-27/h2-9,15-16H,10-14,17H2,1H3,(H,26,29)/b25-15+.